The summed E-state index contributed by atoms with van der Waals surface area (Å²) in [5.74, 6) is -0.233. The molecule has 0 radical (unpaired) electrons. The van der Waals surface area contributed by atoms with Crippen molar-refractivity contribution < 1.29 is 14.6 Å². The molecule has 0 spiro atoms. The first kappa shape index (κ1) is 13.0. The van der Waals surface area contributed by atoms with Gasteiger partial charge in [-0.2, -0.15) is 0 Å². The van der Waals surface area contributed by atoms with Crippen molar-refractivity contribution in [1.29, 1.82) is 0 Å². The van der Waals surface area contributed by atoms with Gasteiger partial charge in [-0.25, -0.2) is 9.78 Å². The van der Waals surface area contributed by atoms with Crippen molar-refractivity contribution in [2.45, 2.75) is 26.5 Å². The number of aromatic nitrogens is 2. The summed E-state index contributed by atoms with van der Waals surface area (Å²) in [6.45, 7) is 7.96. The maximum atomic E-state index is 11.1. The number of morpholine rings is 1. The Balaban J connectivity index is 2.09. The molecule has 0 aliphatic carbocycles. The molecular formula is C12H19N3O3. The summed E-state index contributed by atoms with van der Waals surface area (Å²) in [5.41, 5.74) is 0.227. The van der Waals surface area contributed by atoms with E-state index in [1.165, 1.54) is 6.20 Å². The SMILES string of the molecule is CCN1CCOC(Cn2c(C(=O)O)cnc2C)C1. The van der Waals surface area contributed by atoms with Gasteiger partial charge in [0.1, 0.15) is 11.5 Å². The van der Waals surface area contributed by atoms with Crippen molar-refractivity contribution in [3.8, 4) is 0 Å². The fourth-order valence-electron chi connectivity index (χ4n) is 2.25. The first-order valence-corrected chi connectivity index (χ1v) is 6.21. The Hall–Kier alpha value is -1.40. The lowest BCUT2D eigenvalue weighted by atomic mass is 10.2. The van der Waals surface area contributed by atoms with Crippen molar-refractivity contribution in [3.05, 3.63) is 17.7 Å². The zero-order valence-corrected chi connectivity index (χ0v) is 10.8. The molecule has 2 rings (SSSR count). The number of hydrogen-bond acceptors (Lipinski definition) is 4. The second-order valence-corrected chi connectivity index (χ2v) is 4.49. The van der Waals surface area contributed by atoms with E-state index in [1.807, 2.05) is 6.92 Å². The molecule has 1 aliphatic heterocycles. The predicted molar refractivity (Wildman–Crippen MR) is 65.8 cm³/mol. The minimum atomic E-state index is -0.946. The summed E-state index contributed by atoms with van der Waals surface area (Å²) < 4.78 is 7.40. The van der Waals surface area contributed by atoms with Gasteiger partial charge in [-0.3, -0.25) is 4.90 Å². The molecule has 2 heterocycles. The lowest BCUT2D eigenvalue weighted by Crippen LogP contribution is -2.44. The van der Waals surface area contributed by atoms with Crippen LogP contribution in [0.1, 0.15) is 23.2 Å². The van der Waals surface area contributed by atoms with E-state index < -0.39 is 5.97 Å². The van der Waals surface area contributed by atoms with Crippen molar-refractivity contribution in [1.82, 2.24) is 14.5 Å². The van der Waals surface area contributed by atoms with Crippen LogP contribution in [0.15, 0.2) is 6.20 Å². The highest BCUT2D eigenvalue weighted by Crippen LogP contribution is 2.11. The molecule has 1 aromatic rings. The Morgan fingerprint density at radius 2 is 2.44 bits per heavy atom. The summed E-state index contributed by atoms with van der Waals surface area (Å²) in [4.78, 5) is 17.4. The van der Waals surface area contributed by atoms with Crippen molar-refractivity contribution in [2.75, 3.05) is 26.2 Å². The molecule has 6 nitrogen and oxygen atoms in total. The van der Waals surface area contributed by atoms with Crippen molar-refractivity contribution >= 4 is 5.97 Å². The van der Waals surface area contributed by atoms with Gasteiger partial charge in [-0.1, -0.05) is 6.92 Å². The third-order valence-corrected chi connectivity index (χ3v) is 3.33. The van der Waals surface area contributed by atoms with Crippen LogP contribution >= 0.6 is 0 Å². The van der Waals surface area contributed by atoms with Gasteiger partial charge >= 0.3 is 5.97 Å². The van der Waals surface area contributed by atoms with E-state index in [9.17, 15) is 4.79 Å². The van der Waals surface area contributed by atoms with Gasteiger partial charge in [0.15, 0.2) is 0 Å². The van der Waals surface area contributed by atoms with Crippen LogP contribution in [0.3, 0.4) is 0 Å². The first-order valence-electron chi connectivity index (χ1n) is 6.21. The molecule has 1 N–H and O–H groups in total. The number of ether oxygens (including phenoxy) is 1. The van der Waals surface area contributed by atoms with Crippen LogP contribution in [-0.4, -0.2) is 57.9 Å². The van der Waals surface area contributed by atoms with E-state index in [4.69, 9.17) is 9.84 Å². The third kappa shape index (κ3) is 2.70. The fraction of sp³-hybridized carbons (Fsp3) is 0.667. The van der Waals surface area contributed by atoms with E-state index in [-0.39, 0.29) is 11.8 Å². The van der Waals surface area contributed by atoms with Crippen LogP contribution in [0.2, 0.25) is 0 Å². The quantitative estimate of drug-likeness (QED) is 0.851. The topological polar surface area (TPSA) is 67.6 Å². The Kier molecular flexibility index (Phi) is 3.98. The number of nitrogens with zero attached hydrogens (tertiary/aromatic N) is 3. The smallest absolute Gasteiger partial charge is 0.354 e. The molecule has 1 atom stereocenters. The maximum absolute atomic E-state index is 11.1. The molecular weight excluding hydrogens is 234 g/mol. The monoisotopic (exact) mass is 253 g/mol. The number of likely N-dealkylation sites (N-methyl/N-ethyl adjacent to an activating group) is 1. The van der Waals surface area contributed by atoms with E-state index >= 15 is 0 Å². The Morgan fingerprint density at radius 1 is 1.67 bits per heavy atom. The first-order chi connectivity index (χ1) is 8.61. The Morgan fingerprint density at radius 3 is 3.11 bits per heavy atom. The average Bonchev–Trinajstić information content (AvgIpc) is 2.71. The lowest BCUT2D eigenvalue weighted by molar-refractivity contribution is -0.0348. The molecule has 0 aromatic carbocycles. The Bertz CT molecular complexity index is 430. The summed E-state index contributed by atoms with van der Waals surface area (Å²) in [7, 11) is 0. The van der Waals surface area contributed by atoms with E-state index in [0.717, 1.165) is 19.6 Å². The number of imidazole rings is 1. The van der Waals surface area contributed by atoms with Crippen LogP contribution in [0, 0.1) is 6.92 Å². The number of carboxylic acids is 1. The molecule has 1 saturated heterocycles. The number of aryl methyl sites for hydroxylation is 1. The minimum absolute atomic E-state index is 0.0321. The summed E-state index contributed by atoms with van der Waals surface area (Å²) in [6.07, 6.45) is 1.43. The highest BCUT2D eigenvalue weighted by atomic mass is 16.5. The highest BCUT2D eigenvalue weighted by Gasteiger charge is 2.22. The predicted octanol–water partition coefficient (Wildman–Crippen LogP) is 0.610. The zero-order valence-electron chi connectivity index (χ0n) is 10.8. The standard InChI is InChI=1S/C12H19N3O3/c1-3-14-4-5-18-10(7-14)8-15-9(2)13-6-11(15)12(16)17/h6,10H,3-5,7-8H2,1-2H3,(H,16,17). The van der Waals surface area contributed by atoms with E-state index in [2.05, 4.69) is 16.8 Å². The summed E-state index contributed by atoms with van der Waals surface area (Å²) >= 11 is 0. The van der Waals surface area contributed by atoms with Gasteiger partial charge in [0.05, 0.1) is 25.5 Å². The van der Waals surface area contributed by atoms with Gasteiger partial charge in [-0.05, 0) is 13.5 Å². The average molecular weight is 253 g/mol. The van der Waals surface area contributed by atoms with Crippen LogP contribution in [0.4, 0.5) is 0 Å². The van der Waals surface area contributed by atoms with E-state index in [1.54, 1.807) is 4.57 Å². The molecule has 18 heavy (non-hydrogen) atoms. The second kappa shape index (κ2) is 5.49. The molecule has 1 aromatic heterocycles. The van der Waals surface area contributed by atoms with Gasteiger partial charge < -0.3 is 14.4 Å². The highest BCUT2D eigenvalue weighted by molar-refractivity contribution is 5.85. The third-order valence-electron chi connectivity index (χ3n) is 3.33. The molecule has 1 aliphatic rings. The molecule has 0 bridgehead atoms. The second-order valence-electron chi connectivity index (χ2n) is 4.49. The summed E-state index contributed by atoms with van der Waals surface area (Å²) in [6, 6.07) is 0. The maximum Gasteiger partial charge on any atom is 0.354 e. The molecule has 0 amide bonds. The fourth-order valence-corrected chi connectivity index (χ4v) is 2.25. The molecule has 6 heteroatoms. The molecule has 100 valence electrons. The number of rotatable bonds is 4. The van der Waals surface area contributed by atoms with Crippen molar-refractivity contribution in [3.63, 3.8) is 0 Å². The zero-order chi connectivity index (χ0) is 13.1. The number of aromatic carboxylic acids is 1. The van der Waals surface area contributed by atoms with Gasteiger partial charge in [0, 0.05) is 13.1 Å². The number of hydrogen-bond donors (Lipinski definition) is 1. The number of carbonyl (C=O) groups is 1. The van der Waals surface area contributed by atoms with Crippen molar-refractivity contribution in [2.24, 2.45) is 0 Å². The molecule has 0 saturated carbocycles. The normalized spacial score (nSPS) is 21.1. The molecule has 1 fully saturated rings. The van der Waals surface area contributed by atoms with Gasteiger partial charge in [-0.15, -0.1) is 0 Å². The molecule has 1 unspecified atom stereocenters. The summed E-state index contributed by atoms with van der Waals surface area (Å²) in [5, 5.41) is 9.09. The van der Waals surface area contributed by atoms with Crippen LogP contribution in [-0.2, 0) is 11.3 Å². The Labute approximate surface area is 106 Å². The van der Waals surface area contributed by atoms with Gasteiger partial charge in [0.25, 0.3) is 0 Å². The minimum Gasteiger partial charge on any atom is -0.477 e. The number of carboxylic acid groups (broad SMARTS) is 1. The van der Waals surface area contributed by atoms with E-state index in [0.29, 0.717) is 19.0 Å². The van der Waals surface area contributed by atoms with Crippen LogP contribution < -0.4 is 0 Å². The van der Waals surface area contributed by atoms with Crippen LogP contribution in [0.5, 0.6) is 0 Å². The van der Waals surface area contributed by atoms with Gasteiger partial charge in [0.2, 0.25) is 0 Å². The lowest BCUT2D eigenvalue weighted by Gasteiger charge is -2.32. The van der Waals surface area contributed by atoms with Crippen LogP contribution in [0.25, 0.3) is 0 Å². The largest absolute Gasteiger partial charge is 0.477 e.